The van der Waals surface area contributed by atoms with Crippen LogP contribution in [0.15, 0.2) is 24.7 Å². The Morgan fingerprint density at radius 2 is 2.26 bits per heavy atom. The highest BCUT2D eigenvalue weighted by Crippen LogP contribution is 2.46. The molecule has 1 amide bonds. The number of hydrogen-bond donors (Lipinski definition) is 2. The minimum Gasteiger partial charge on any atom is -0.494 e. The molecule has 1 saturated heterocycles. The monoisotopic (exact) mass is 492 g/mol. The van der Waals surface area contributed by atoms with E-state index in [9.17, 15) is 4.79 Å². The second-order valence-electron chi connectivity index (χ2n) is 9.70. The number of carbonyl (C=O) groups excluding carboxylic acids is 1. The third-order valence-electron chi connectivity index (χ3n) is 7.31. The number of aryl methyl sites for hydroxylation is 1. The van der Waals surface area contributed by atoms with Gasteiger partial charge in [0, 0.05) is 22.9 Å². The molecule has 2 atom stereocenters. The number of morpholine rings is 1. The number of hydrogen-bond acceptors (Lipinski definition) is 8. The predicted molar refractivity (Wildman–Crippen MR) is 135 cm³/mol. The van der Waals surface area contributed by atoms with Crippen LogP contribution in [0.3, 0.4) is 0 Å². The van der Waals surface area contributed by atoms with Gasteiger partial charge in [-0.1, -0.05) is 6.92 Å². The van der Waals surface area contributed by atoms with Gasteiger partial charge in [0.1, 0.15) is 22.7 Å². The summed E-state index contributed by atoms with van der Waals surface area (Å²) in [5.41, 5.74) is 2.55. The third kappa shape index (κ3) is 3.71. The molecule has 6 rings (SSSR count). The summed E-state index contributed by atoms with van der Waals surface area (Å²) >= 11 is 1.67. The van der Waals surface area contributed by atoms with E-state index in [0.717, 1.165) is 51.9 Å². The van der Waals surface area contributed by atoms with Gasteiger partial charge < -0.3 is 19.7 Å². The molecule has 1 aliphatic carbocycles. The first-order valence-electron chi connectivity index (χ1n) is 11.9. The summed E-state index contributed by atoms with van der Waals surface area (Å²) in [6.07, 6.45) is 5.71. The van der Waals surface area contributed by atoms with Gasteiger partial charge in [0.05, 0.1) is 54.6 Å². The van der Waals surface area contributed by atoms with E-state index in [1.165, 1.54) is 10.4 Å². The van der Waals surface area contributed by atoms with Crippen LogP contribution in [0.4, 0.5) is 11.5 Å². The topological polar surface area (TPSA) is 105 Å². The fourth-order valence-corrected chi connectivity index (χ4v) is 6.68. The minimum atomic E-state index is -0.421. The van der Waals surface area contributed by atoms with Crippen molar-refractivity contribution >= 4 is 49.9 Å². The standard InChI is InChI=1S/C25H28N6O3S/c1-14-12-34-7-6-31(14)24(32)25(2)5-4-16-20(10-25)35-23-21(16)22(26-13-27-23)29-18-8-15-11-28-30-17(15)9-19(18)33-3/h8-9,11,13-14H,4-7,10,12H2,1-3H3,(H,28,30)(H,26,27,29)/t14-,25-/m1/s1. The summed E-state index contributed by atoms with van der Waals surface area (Å²) < 4.78 is 11.2. The number of H-pyrrole nitrogens is 1. The van der Waals surface area contributed by atoms with Gasteiger partial charge in [-0.05, 0) is 37.8 Å². The molecular weight excluding hydrogens is 464 g/mol. The first-order chi connectivity index (χ1) is 17.0. The Hall–Kier alpha value is -3.24. The van der Waals surface area contributed by atoms with Crippen molar-refractivity contribution in [1.29, 1.82) is 0 Å². The van der Waals surface area contributed by atoms with Crippen LogP contribution in [0.5, 0.6) is 5.75 Å². The van der Waals surface area contributed by atoms with E-state index in [0.29, 0.717) is 25.5 Å². The average molecular weight is 493 g/mol. The van der Waals surface area contributed by atoms with Crippen molar-refractivity contribution in [2.24, 2.45) is 5.41 Å². The Morgan fingerprint density at radius 1 is 1.37 bits per heavy atom. The molecule has 0 unspecified atom stereocenters. The van der Waals surface area contributed by atoms with Crippen molar-refractivity contribution in [3.8, 4) is 5.75 Å². The summed E-state index contributed by atoms with van der Waals surface area (Å²) in [5, 5.41) is 12.6. The van der Waals surface area contributed by atoms with Crippen molar-refractivity contribution < 1.29 is 14.3 Å². The number of amides is 1. The van der Waals surface area contributed by atoms with Crippen molar-refractivity contribution in [3.63, 3.8) is 0 Å². The fourth-order valence-electron chi connectivity index (χ4n) is 5.31. The Morgan fingerprint density at radius 3 is 3.09 bits per heavy atom. The van der Waals surface area contributed by atoms with Gasteiger partial charge in [-0.25, -0.2) is 9.97 Å². The number of methoxy groups -OCH3 is 1. The number of anilines is 2. The lowest BCUT2D eigenvalue weighted by Gasteiger charge is -2.41. The highest BCUT2D eigenvalue weighted by molar-refractivity contribution is 7.19. The number of aromatic amines is 1. The second kappa shape index (κ2) is 8.46. The largest absolute Gasteiger partial charge is 0.494 e. The normalized spacial score (nSPS) is 22.4. The van der Waals surface area contributed by atoms with Gasteiger partial charge in [0.15, 0.2) is 0 Å². The molecule has 1 fully saturated rings. The summed E-state index contributed by atoms with van der Waals surface area (Å²) in [5.74, 6) is 1.69. The van der Waals surface area contributed by atoms with Gasteiger partial charge in [0.2, 0.25) is 5.91 Å². The lowest BCUT2D eigenvalue weighted by atomic mass is 9.74. The van der Waals surface area contributed by atoms with E-state index in [1.807, 2.05) is 17.0 Å². The van der Waals surface area contributed by atoms with Crippen LogP contribution in [0.1, 0.15) is 30.7 Å². The molecule has 0 spiro atoms. The number of benzene rings is 1. The van der Waals surface area contributed by atoms with E-state index < -0.39 is 5.41 Å². The van der Waals surface area contributed by atoms with Crippen LogP contribution in [0.2, 0.25) is 0 Å². The summed E-state index contributed by atoms with van der Waals surface area (Å²) in [6, 6.07) is 4.04. The van der Waals surface area contributed by atoms with Crippen molar-refractivity contribution in [2.75, 3.05) is 32.2 Å². The first kappa shape index (κ1) is 22.2. The molecule has 9 nitrogen and oxygen atoms in total. The maximum absolute atomic E-state index is 13.6. The lowest BCUT2D eigenvalue weighted by molar-refractivity contribution is -0.150. The van der Waals surface area contributed by atoms with Gasteiger partial charge >= 0.3 is 0 Å². The molecular formula is C25H28N6O3S. The van der Waals surface area contributed by atoms with E-state index in [1.54, 1.807) is 31.0 Å². The van der Waals surface area contributed by atoms with Crippen molar-refractivity contribution in [1.82, 2.24) is 25.1 Å². The SMILES string of the molecule is COc1cc2[nH]ncc2cc1Nc1ncnc2sc3c(c12)CC[C@@](C)(C(=O)N1CCOC[C@H]1C)C3. The summed E-state index contributed by atoms with van der Waals surface area (Å²) in [7, 11) is 1.65. The smallest absolute Gasteiger partial charge is 0.229 e. The van der Waals surface area contributed by atoms with E-state index >= 15 is 0 Å². The number of thiophene rings is 1. The number of rotatable bonds is 4. The van der Waals surface area contributed by atoms with Crippen LogP contribution in [0, 0.1) is 5.41 Å². The number of fused-ring (bicyclic) bond motifs is 4. The van der Waals surface area contributed by atoms with Gasteiger partial charge in [0.25, 0.3) is 0 Å². The Kier molecular flexibility index (Phi) is 5.37. The molecule has 2 aliphatic rings. The zero-order chi connectivity index (χ0) is 24.2. The minimum absolute atomic E-state index is 0.112. The molecule has 1 aromatic carbocycles. The number of carbonyl (C=O) groups is 1. The molecule has 2 N–H and O–H groups in total. The van der Waals surface area contributed by atoms with Crippen molar-refractivity contribution in [3.05, 3.63) is 35.1 Å². The van der Waals surface area contributed by atoms with Gasteiger partial charge in [-0.15, -0.1) is 11.3 Å². The lowest BCUT2D eigenvalue weighted by Crippen LogP contribution is -2.53. The maximum atomic E-state index is 13.6. The Labute approximate surface area is 206 Å². The fraction of sp³-hybridized carbons (Fsp3) is 0.440. The molecule has 1 aliphatic heterocycles. The molecule has 0 bridgehead atoms. The summed E-state index contributed by atoms with van der Waals surface area (Å²) in [6.45, 7) is 6.06. The van der Waals surface area contributed by atoms with Crippen LogP contribution < -0.4 is 10.1 Å². The van der Waals surface area contributed by atoms with Gasteiger partial charge in [-0.2, -0.15) is 5.10 Å². The molecule has 4 aromatic rings. The highest BCUT2D eigenvalue weighted by Gasteiger charge is 2.42. The van der Waals surface area contributed by atoms with E-state index in [2.05, 4.69) is 39.3 Å². The first-order valence-corrected chi connectivity index (χ1v) is 12.7. The Bertz CT molecular complexity index is 1430. The zero-order valence-electron chi connectivity index (χ0n) is 20.1. The molecule has 35 heavy (non-hydrogen) atoms. The maximum Gasteiger partial charge on any atom is 0.229 e. The van der Waals surface area contributed by atoms with E-state index in [4.69, 9.17) is 9.47 Å². The van der Waals surface area contributed by atoms with Crippen LogP contribution in [0.25, 0.3) is 21.1 Å². The van der Waals surface area contributed by atoms with Crippen LogP contribution in [-0.4, -0.2) is 63.9 Å². The molecule has 10 heteroatoms. The number of nitrogens with one attached hydrogen (secondary N) is 2. The molecule has 182 valence electrons. The number of ether oxygens (including phenoxy) is 2. The van der Waals surface area contributed by atoms with Crippen LogP contribution >= 0.6 is 11.3 Å². The second-order valence-corrected chi connectivity index (χ2v) is 10.8. The van der Waals surface area contributed by atoms with Crippen molar-refractivity contribution in [2.45, 2.75) is 39.2 Å². The predicted octanol–water partition coefficient (Wildman–Crippen LogP) is 4.06. The quantitative estimate of drug-likeness (QED) is 0.443. The average Bonchev–Trinajstić information content (AvgIpc) is 3.47. The number of nitrogens with zero attached hydrogens (tertiary/aromatic N) is 4. The molecule has 0 radical (unpaired) electrons. The zero-order valence-corrected chi connectivity index (χ0v) is 20.9. The molecule has 0 saturated carbocycles. The van der Waals surface area contributed by atoms with Crippen LogP contribution in [-0.2, 0) is 22.4 Å². The molecule has 4 heterocycles. The Balaban J connectivity index is 1.35. The van der Waals surface area contributed by atoms with E-state index in [-0.39, 0.29) is 11.9 Å². The summed E-state index contributed by atoms with van der Waals surface area (Å²) in [4.78, 5) is 26.9. The molecule has 3 aromatic heterocycles. The highest BCUT2D eigenvalue weighted by atomic mass is 32.1. The number of aromatic nitrogens is 4. The third-order valence-corrected chi connectivity index (χ3v) is 8.45. The van der Waals surface area contributed by atoms with Gasteiger partial charge in [-0.3, -0.25) is 9.89 Å².